The minimum atomic E-state index is -1.12. The Kier molecular flexibility index (Phi) is 4.71. The molecule has 0 saturated carbocycles. The van der Waals surface area contributed by atoms with Gasteiger partial charge in [0.15, 0.2) is 0 Å². The van der Waals surface area contributed by atoms with Crippen molar-refractivity contribution in [1.82, 2.24) is 0 Å². The Bertz CT molecular complexity index is 665. The molecule has 0 aromatic heterocycles. The Labute approximate surface area is 125 Å². The number of aliphatic hydroxyl groups is 1. The minimum Gasteiger partial charge on any atom is -0.381 e. The third kappa shape index (κ3) is 3.68. The van der Waals surface area contributed by atoms with Gasteiger partial charge in [0.2, 0.25) is 0 Å². The molecule has 2 aromatic rings. The van der Waals surface area contributed by atoms with E-state index in [-0.39, 0.29) is 0 Å². The van der Waals surface area contributed by atoms with E-state index in [9.17, 15) is 5.11 Å². The molecule has 2 nitrogen and oxygen atoms in total. The van der Waals surface area contributed by atoms with E-state index in [0.717, 1.165) is 11.1 Å². The Morgan fingerprint density at radius 1 is 1.10 bits per heavy atom. The van der Waals surface area contributed by atoms with Crippen LogP contribution in [0.1, 0.15) is 23.1 Å². The summed E-state index contributed by atoms with van der Waals surface area (Å²) in [6, 6.07) is 18.9. The maximum atomic E-state index is 10.9. The fraction of sp³-hybridized carbons (Fsp3) is 0.105. The van der Waals surface area contributed by atoms with Crippen molar-refractivity contribution >= 4 is 6.08 Å². The average Bonchev–Trinajstić information content (AvgIpc) is 2.54. The van der Waals surface area contributed by atoms with Crippen molar-refractivity contribution in [3.05, 3.63) is 90.0 Å². The van der Waals surface area contributed by atoms with Crippen LogP contribution in [0.4, 0.5) is 0 Å². The topological polar surface area (TPSA) is 44.0 Å². The van der Waals surface area contributed by atoms with Gasteiger partial charge < -0.3 is 5.11 Å². The van der Waals surface area contributed by atoms with Gasteiger partial charge in [0, 0.05) is 6.42 Å². The second-order valence-corrected chi connectivity index (χ2v) is 4.85. The molecule has 2 rings (SSSR count). The fourth-order valence-corrected chi connectivity index (χ4v) is 2.13. The van der Waals surface area contributed by atoms with Gasteiger partial charge in [-0.05, 0) is 29.3 Å². The van der Waals surface area contributed by atoms with Gasteiger partial charge in [-0.15, -0.1) is 6.58 Å². The van der Waals surface area contributed by atoms with Crippen LogP contribution in [0.2, 0.25) is 0 Å². The second kappa shape index (κ2) is 6.69. The summed E-state index contributed by atoms with van der Waals surface area (Å²) in [5.74, 6) is 0. The highest BCUT2D eigenvalue weighted by Gasteiger charge is 2.24. The lowest BCUT2D eigenvalue weighted by atomic mass is 9.89. The van der Waals surface area contributed by atoms with E-state index in [1.807, 2.05) is 36.4 Å². The van der Waals surface area contributed by atoms with Crippen molar-refractivity contribution in [3.8, 4) is 6.07 Å². The Hall–Kier alpha value is -2.63. The number of hydrogen-bond acceptors (Lipinski definition) is 2. The predicted molar refractivity (Wildman–Crippen MR) is 85.3 cm³/mol. The third-order valence-corrected chi connectivity index (χ3v) is 3.32. The maximum Gasteiger partial charge on any atom is 0.111 e. The van der Waals surface area contributed by atoms with Gasteiger partial charge >= 0.3 is 0 Å². The van der Waals surface area contributed by atoms with Gasteiger partial charge in [0.25, 0.3) is 0 Å². The molecule has 104 valence electrons. The predicted octanol–water partition coefficient (Wildman–Crippen LogP) is 4.04. The molecule has 0 saturated heterocycles. The lowest BCUT2D eigenvalue weighted by Crippen LogP contribution is -2.21. The van der Waals surface area contributed by atoms with Crippen molar-refractivity contribution in [2.75, 3.05) is 0 Å². The van der Waals surface area contributed by atoms with E-state index in [1.165, 1.54) is 0 Å². The van der Waals surface area contributed by atoms with Gasteiger partial charge in [-0.25, -0.2) is 0 Å². The van der Waals surface area contributed by atoms with Crippen molar-refractivity contribution in [2.45, 2.75) is 12.0 Å². The summed E-state index contributed by atoms with van der Waals surface area (Å²) in [4.78, 5) is 0. The first-order valence-electron chi connectivity index (χ1n) is 6.76. The van der Waals surface area contributed by atoms with E-state index < -0.39 is 5.60 Å². The molecule has 0 fully saturated rings. The van der Waals surface area contributed by atoms with E-state index in [4.69, 9.17) is 5.26 Å². The summed E-state index contributed by atoms with van der Waals surface area (Å²) in [6.45, 7) is 3.71. The van der Waals surface area contributed by atoms with Gasteiger partial charge in [-0.2, -0.15) is 5.26 Å². The van der Waals surface area contributed by atoms with Crippen LogP contribution in [0.5, 0.6) is 0 Å². The summed E-state index contributed by atoms with van der Waals surface area (Å²) < 4.78 is 0. The summed E-state index contributed by atoms with van der Waals surface area (Å²) in [6.07, 6.45) is 5.75. The van der Waals surface area contributed by atoms with Crippen LogP contribution in [-0.2, 0) is 5.60 Å². The molecule has 1 atom stereocenters. The van der Waals surface area contributed by atoms with Gasteiger partial charge in [0.05, 0.1) is 11.6 Å². The van der Waals surface area contributed by atoms with E-state index in [0.29, 0.717) is 12.0 Å². The highest BCUT2D eigenvalue weighted by Crippen LogP contribution is 2.28. The van der Waals surface area contributed by atoms with Crippen LogP contribution in [0.25, 0.3) is 6.08 Å². The van der Waals surface area contributed by atoms with Crippen LogP contribution in [0, 0.1) is 11.3 Å². The number of rotatable bonds is 5. The average molecular weight is 275 g/mol. The smallest absolute Gasteiger partial charge is 0.111 e. The largest absolute Gasteiger partial charge is 0.381 e. The molecule has 0 radical (unpaired) electrons. The van der Waals surface area contributed by atoms with Crippen molar-refractivity contribution < 1.29 is 5.11 Å². The SMILES string of the molecule is C=CC[C@@](O)(/C=C/c1ccccc1)c1ccc(C#N)cc1. The van der Waals surface area contributed by atoms with Crippen molar-refractivity contribution in [2.24, 2.45) is 0 Å². The van der Waals surface area contributed by atoms with Gasteiger partial charge in [0.1, 0.15) is 5.60 Å². The van der Waals surface area contributed by atoms with E-state index >= 15 is 0 Å². The Morgan fingerprint density at radius 3 is 2.33 bits per heavy atom. The van der Waals surface area contributed by atoms with E-state index in [1.54, 1.807) is 36.4 Å². The molecule has 0 spiro atoms. The lowest BCUT2D eigenvalue weighted by Gasteiger charge is -2.24. The number of hydrogen-bond donors (Lipinski definition) is 1. The molecule has 0 heterocycles. The van der Waals surface area contributed by atoms with E-state index in [2.05, 4.69) is 12.6 Å². The molecule has 0 bridgehead atoms. The van der Waals surface area contributed by atoms with Gasteiger partial charge in [-0.1, -0.05) is 54.6 Å². The first kappa shape index (κ1) is 14.8. The first-order valence-corrected chi connectivity index (χ1v) is 6.76. The fourth-order valence-electron chi connectivity index (χ4n) is 2.13. The molecule has 2 heteroatoms. The maximum absolute atomic E-state index is 10.9. The molecular weight excluding hydrogens is 258 g/mol. The number of nitriles is 1. The monoisotopic (exact) mass is 275 g/mol. The molecule has 1 N–H and O–H groups in total. The first-order chi connectivity index (χ1) is 10.2. The van der Waals surface area contributed by atoms with Crippen LogP contribution in [0.3, 0.4) is 0 Å². The van der Waals surface area contributed by atoms with Crippen molar-refractivity contribution in [3.63, 3.8) is 0 Å². The third-order valence-electron chi connectivity index (χ3n) is 3.32. The summed E-state index contributed by atoms with van der Waals surface area (Å²) >= 11 is 0. The molecule has 0 unspecified atom stereocenters. The summed E-state index contributed by atoms with van der Waals surface area (Å²) in [5.41, 5.74) is 1.22. The molecular formula is C19H17NO. The molecule has 0 aliphatic rings. The van der Waals surface area contributed by atoms with Crippen LogP contribution in [0.15, 0.2) is 73.3 Å². The highest BCUT2D eigenvalue weighted by atomic mass is 16.3. The summed E-state index contributed by atoms with van der Waals surface area (Å²) in [7, 11) is 0. The number of nitrogens with zero attached hydrogens (tertiary/aromatic N) is 1. The van der Waals surface area contributed by atoms with Crippen LogP contribution >= 0.6 is 0 Å². The van der Waals surface area contributed by atoms with Crippen LogP contribution in [-0.4, -0.2) is 5.11 Å². The molecule has 0 amide bonds. The standard InChI is InChI=1S/C19H17NO/c1-2-13-19(21,14-12-16-6-4-3-5-7-16)18-10-8-17(15-20)9-11-18/h2-12,14,21H,1,13H2/b14-12+/t19-/m1/s1. The zero-order valence-electron chi connectivity index (χ0n) is 11.7. The highest BCUT2D eigenvalue weighted by molar-refractivity contribution is 5.52. The quantitative estimate of drug-likeness (QED) is 0.837. The van der Waals surface area contributed by atoms with Crippen molar-refractivity contribution in [1.29, 1.82) is 5.26 Å². The molecule has 0 aliphatic heterocycles. The van der Waals surface area contributed by atoms with Crippen LogP contribution < -0.4 is 0 Å². The zero-order chi connectivity index (χ0) is 15.1. The Balaban J connectivity index is 2.33. The Morgan fingerprint density at radius 2 is 1.76 bits per heavy atom. The molecule has 2 aromatic carbocycles. The normalized spacial score (nSPS) is 13.5. The zero-order valence-corrected chi connectivity index (χ0v) is 11.7. The minimum absolute atomic E-state index is 0.405. The summed E-state index contributed by atoms with van der Waals surface area (Å²) in [5, 5.41) is 19.7. The number of benzene rings is 2. The lowest BCUT2D eigenvalue weighted by molar-refractivity contribution is 0.0938. The van der Waals surface area contributed by atoms with Gasteiger partial charge in [-0.3, -0.25) is 0 Å². The second-order valence-electron chi connectivity index (χ2n) is 4.85. The molecule has 0 aliphatic carbocycles. The molecule has 21 heavy (non-hydrogen) atoms.